The van der Waals surface area contributed by atoms with E-state index in [1.807, 2.05) is 117 Å². The maximum atomic E-state index is 10.6. The van der Waals surface area contributed by atoms with Crippen molar-refractivity contribution in [3.63, 3.8) is 0 Å². The van der Waals surface area contributed by atoms with Gasteiger partial charge in [0.2, 0.25) is 29.5 Å². The normalized spacial score (nSPS) is 7.31. The highest BCUT2D eigenvalue weighted by atomic mass is 16.6. The zero-order valence-corrected chi connectivity index (χ0v) is 71.1. The number of carbonyl (C=O) groups is 13. The van der Waals surface area contributed by atoms with Gasteiger partial charge >= 0.3 is 47.8 Å². The summed E-state index contributed by atoms with van der Waals surface area (Å²) in [6.07, 6.45) is 1.06. The average molecular weight is 1840 g/mol. The number of anilines is 1. The number of hydrogen-bond acceptors (Lipinski definition) is 21. The molecule has 0 heterocycles. The molecule has 0 aliphatic rings. The Kier molecular flexibility index (Phi) is 268. The maximum absolute atomic E-state index is 10.6. The van der Waals surface area contributed by atoms with Crippen molar-refractivity contribution in [2.24, 2.45) is 5.92 Å². The molecule has 4 aromatic carbocycles. The van der Waals surface area contributed by atoms with Crippen LogP contribution in [0.4, 0.5) is 5.69 Å². The van der Waals surface area contributed by atoms with Gasteiger partial charge in [0.05, 0.1) is 39.6 Å². The number of nitrogens with zero attached hydrogens (tertiary/aromatic N) is 1. The molecule has 0 aliphatic carbocycles. The Morgan fingerprint density at radius 1 is 0.299 bits per heavy atom. The highest BCUT2D eigenvalue weighted by Crippen LogP contribution is 2.13. The van der Waals surface area contributed by atoms with Crippen molar-refractivity contribution >= 4 is 83.0 Å². The van der Waals surface area contributed by atoms with Crippen molar-refractivity contribution in [3.05, 3.63) is 125 Å². The molecule has 4 N–H and O–H groups in total. The van der Waals surface area contributed by atoms with Gasteiger partial charge in [0.15, 0.2) is 0 Å². The van der Waals surface area contributed by atoms with E-state index in [1.54, 1.807) is 71.7 Å². The van der Waals surface area contributed by atoms with Crippen LogP contribution in [0, 0.1) is 40.5 Å². The quantitative estimate of drug-likeness (QED) is 0.0488. The summed E-state index contributed by atoms with van der Waals surface area (Å²) in [5, 5.41) is 10.4. The van der Waals surface area contributed by atoms with Crippen molar-refractivity contribution in [2.45, 2.75) is 370 Å². The Morgan fingerprint density at radius 3 is 0.693 bits per heavy atom. The van der Waals surface area contributed by atoms with Crippen molar-refractivity contribution in [1.82, 2.24) is 20.9 Å². The van der Waals surface area contributed by atoms with Crippen LogP contribution in [0.25, 0.3) is 0 Å². The molecule has 26 nitrogen and oxygen atoms in total. The highest BCUT2D eigenvalue weighted by Gasteiger charge is 2.01. The van der Waals surface area contributed by atoms with E-state index >= 15 is 0 Å². The zero-order chi connectivity index (χ0) is 85.9. The Balaban J connectivity index is -0.0000000268. The van der Waals surface area contributed by atoms with Gasteiger partial charge in [0, 0.05) is 129 Å². The molecule has 0 aromatic heterocycles. The van der Waals surface area contributed by atoms with Gasteiger partial charge in [-0.2, -0.15) is 0 Å². The van der Waals surface area contributed by atoms with Crippen molar-refractivity contribution in [2.75, 3.05) is 78.2 Å². The van der Waals surface area contributed by atoms with E-state index in [2.05, 4.69) is 96.9 Å². The minimum atomic E-state index is -0.283. The number of carbonyl (C=O) groups excluding carboxylic acids is 13. The molecule has 127 heavy (non-hydrogen) atoms. The topological polar surface area (TPSA) is 347 Å². The molecule has 0 saturated heterocycles. The molecular formula is C101H219N5O21. The molecule has 774 valence electrons. The van der Waals surface area contributed by atoms with Crippen LogP contribution in [-0.4, -0.2) is 155 Å². The summed E-state index contributed by atoms with van der Waals surface area (Å²) in [6.45, 7) is 59.5. The fourth-order valence-electron chi connectivity index (χ4n) is 5.54. The van der Waals surface area contributed by atoms with Crippen LogP contribution in [0.3, 0.4) is 0 Å². The molecule has 4 aromatic rings. The molecule has 0 spiro atoms. The third kappa shape index (κ3) is 242. The molecule has 0 bridgehead atoms. The number of hydrogen-bond donors (Lipinski definition) is 4. The minimum Gasteiger partial charge on any atom is -0.466 e. The van der Waals surface area contributed by atoms with Crippen LogP contribution in [0.15, 0.2) is 97.1 Å². The van der Waals surface area contributed by atoms with Crippen LogP contribution >= 0.6 is 0 Å². The standard InChI is InChI=1S/C9H11NO.2C9H10O2.C8H10.C7H14O2.C5H11NO.3C4H9NO.5C4H8O2.C2H6.20CH4/c1-7-4-3-5-9(6-7)10-8(2)11;1-7-3-5-9(6-4-7)11-8(2)10;1-7-4-3-5-9(6-7)11-8(2)10;1-7-3-5-8(2)6-4-7;1-4-6(2)5-9-7(3)8;1-4-6(3)5(2)7;3*1-3-5-4(2)6;5*1-3-6-4(2)5;1-2;;;;;;;;;;;;;;;;;;;;/h3-6H,1-2H3,(H,10,11);2*3-6H,1-2H3;3-6H,1-2H3;6H,4-5H2,1-3H3;4H2,1-3H3;3*3H2,1-2H3,(H,5,6);5*3H2,1-2H3;1-2H3;20*1H4. The predicted molar refractivity (Wildman–Crippen MR) is 562 cm³/mol. The first-order chi connectivity index (χ1) is 49.8. The molecule has 0 fully saturated rings. The van der Waals surface area contributed by atoms with Gasteiger partial charge in [-0.05, 0) is 150 Å². The van der Waals surface area contributed by atoms with E-state index in [-0.39, 0.29) is 226 Å². The minimum absolute atomic E-state index is 0. The monoisotopic (exact) mass is 1840 g/mol. The van der Waals surface area contributed by atoms with Gasteiger partial charge in [0.25, 0.3) is 0 Å². The SMILES string of the molecule is C.C.C.C.C.C.C.C.C.C.C.C.C.C.C.C.C.C.C.C.CC.CC(=O)Nc1cccc(C)c1.CC(=O)Oc1ccc(C)cc1.CC(=O)Oc1cccc(C)c1.CCC(C)COC(C)=O.CCN(C)C(C)=O.CCNC(C)=O.CCNC(C)=O.CCNC(C)=O.CCOC(C)=O.CCOC(C)=O.CCOC(C)=O.CCOC(C)=O.CCOC(C)=O.Cc1ccc(C)cc1. The van der Waals surface area contributed by atoms with E-state index in [1.165, 1.54) is 94.2 Å². The van der Waals surface area contributed by atoms with Crippen LogP contribution in [0.5, 0.6) is 11.5 Å². The van der Waals surface area contributed by atoms with Crippen LogP contribution in [0.1, 0.15) is 363 Å². The lowest BCUT2D eigenvalue weighted by molar-refractivity contribution is -0.142. The third-order valence-corrected chi connectivity index (χ3v) is 10.4. The van der Waals surface area contributed by atoms with Gasteiger partial charge in [-0.1, -0.05) is 260 Å². The molecule has 1 atom stereocenters. The fraction of sp³-hybridized carbons (Fsp3) is 0.634. The van der Waals surface area contributed by atoms with E-state index in [9.17, 15) is 62.3 Å². The molecule has 0 radical (unpaired) electrons. The Hall–Kier alpha value is -10.0. The number of benzene rings is 4. The maximum Gasteiger partial charge on any atom is 0.308 e. The van der Waals surface area contributed by atoms with Crippen LogP contribution < -0.4 is 30.7 Å². The molecular weight excluding hydrogens is 1620 g/mol. The lowest BCUT2D eigenvalue weighted by atomic mass is 10.1. The molecule has 1 unspecified atom stereocenters. The van der Waals surface area contributed by atoms with E-state index in [0.717, 1.165) is 55.0 Å². The largest absolute Gasteiger partial charge is 0.466 e. The van der Waals surface area contributed by atoms with Crippen molar-refractivity contribution < 1.29 is 100 Å². The summed E-state index contributed by atoms with van der Waals surface area (Å²) < 4.78 is 36.5. The molecule has 26 heteroatoms. The Morgan fingerprint density at radius 2 is 0.535 bits per heavy atom. The number of amides is 5. The van der Waals surface area contributed by atoms with Gasteiger partial charge < -0.3 is 64.1 Å². The van der Waals surface area contributed by atoms with E-state index in [0.29, 0.717) is 57.1 Å². The number of rotatable bonds is 15. The summed E-state index contributed by atoms with van der Waals surface area (Å²) in [6, 6.07) is 30.9. The van der Waals surface area contributed by atoms with Gasteiger partial charge in [-0.15, -0.1) is 0 Å². The van der Waals surface area contributed by atoms with Gasteiger partial charge in [-0.3, -0.25) is 62.3 Å². The molecule has 0 saturated carbocycles. The second-order valence-corrected chi connectivity index (χ2v) is 21.3. The Labute approximate surface area is 790 Å². The summed E-state index contributed by atoms with van der Waals surface area (Å²) in [7, 11) is 1.78. The number of aryl methyl sites for hydroxylation is 5. The van der Waals surface area contributed by atoms with Crippen molar-refractivity contribution in [1.29, 1.82) is 0 Å². The molecule has 0 aliphatic heterocycles. The first kappa shape index (κ1) is 213. The van der Waals surface area contributed by atoms with Crippen LogP contribution in [0.2, 0.25) is 0 Å². The second-order valence-electron chi connectivity index (χ2n) is 21.3. The smallest absolute Gasteiger partial charge is 0.308 e. The zero-order valence-electron chi connectivity index (χ0n) is 71.1. The van der Waals surface area contributed by atoms with Gasteiger partial charge in [0.1, 0.15) is 11.5 Å². The summed E-state index contributed by atoms with van der Waals surface area (Å²) >= 11 is 0. The predicted octanol–water partition coefficient (Wildman–Crippen LogP) is 27.2. The second kappa shape index (κ2) is 160. The van der Waals surface area contributed by atoms with Crippen LogP contribution in [-0.2, 0) is 90.8 Å². The molecule has 4 rings (SSSR count). The fourth-order valence-corrected chi connectivity index (χ4v) is 5.54. The highest BCUT2D eigenvalue weighted by molar-refractivity contribution is 5.88. The Bertz CT molecular complexity index is 2640. The number of esters is 8. The lowest BCUT2D eigenvalue weighted by Gasteiger charge is -2.09. The first-order valence-electron chi connectivity index (χ1n) is 35.5. The van der Waals surface area contributed by atoms with Crippen molar-refractivity contribution in [3.8, 4) is 11.5 Å². The summed E-state index contributed by atoms with van der Waals surface area (Å²) in [5.41, 5.74) is 6.91. The average Bonchev–Trinajstić information content (AvgIpc) is 0.931. The first-order valence-corrected chi connectivity index (χ1v) is 35.5. The van der Waals surface area contributed by atoms with Gasteiger partial charge in [-0.25, -0.2) is 0 Å². The molecule has 5 amide bonds. The number of nitrogens with one attached hydrogen (secondary N) is 4. The van der Waals surface area contributed by atoms with E-state index in [4.69, 9.17) is 14.2 Å². The van der Waals surface area contributed by atoms with E-state index < -0.39 is 0 Å². The number of ether oxygens (including phenoxy) is 8. The summed E-state index contributed by atoms with van der Waals surface area (Å²) in [4.78, 5) is 133. The lowest BCUT2D eigenvalue weighted by Crippen LogP contribution is -2.22. The summed E-state index contributed by atoms with van der Waals surface area (Å²) in [5.74, 6) is 0.113. The third-order valence-electron chi connectivity index (χ3n) is 10.4.